The Morgan fingerprint density at radius 3 is 2.71 bits per heavy atom. The van der Waals surface area contributed by atoms with Crippen molar-refractivity contribution >= 4 is 39.1 Å². The quantitative estimate of drug-likeness (QED) is 0.903. The molecule has 0 bridgehead atoms. The Kier molecular flexibility index (Phi) is 3.77. The maximum absolute atomic E-state index is 10.9. The number of ether oxygens (including phenoxy) is 1. The van der Waals surface area contributed by atoms with Crippen molar-refractivity contribution in [2.45, 2.75) is 6.92 Å². The summed E-state index contributed by atoms with van der Waals surface area (Å²) in [6.07, 6.45) is 0. The molecule has 1 rings (SSSR count). The average Bonchev–Trinajstić information content (AvgIpc) is 2.01. The number of halogens is 2. The van der Waals surface area contributed by atoms with Crippen molar-refractivity contribution < 1.29 is 9.53 Å². The van der Waals surface area contributed by atoms with E-state index in [4.69, 9.17) is 16.3 Å². The van der Waals surface area contributed by atoms with Gasteiger partial charge in [0, 0.05) is 11.9 Å². The fourth-order valence-electron chi connectivity index (χ4n) is 1.05. The summed E-state index contributed by atoms with van der Waals surface area (Å²) in [4.78, 5) is 10.9. The Bertz CT molecular complexity index is 368. The summed E-state index contributed by atoms with van der Waals surface area (Å²) in [6.45, 7) is 1.42. The molecule has 0 heterocycles. The number of anilines is 1. The molecule has 1 aromatic carbocycles. The maximum Gasteiger partial charge on any atom is 0.221 e. The number of rotatable bonds is 2. The van der Waals surface area contributed by atoms with Gasteiger partial charge in [-0.1, -0.05) is 11.6 Å². The van der Waals surface area contributed by atoms with Gasteiger partial charge >= 0.3 is 0 Å². The van der Waals surface area contributed by atoms with Gasteiger partial charge in [-0.15, -0.1) is 0 Å². The van der Waals surface area contributed by atoms with E-state index in [9.17, 15) is 4.79 Å². The first-order valence-corrected chi connectivity index (χ1v) is 5.02. The van der Waals surface area contributed by atoms with Crippen molar-refractivity contribution in [3.05, 3.63) is 21.6 Å². The molecule has 3 nitrogen and oxygen atoms in total. The Labute approximate surface area is 95.5 Å². The van der Waals surface area contributed by atoms with Gasteiger partial charge in [0.05, 0.1) is 17.3 Å². The normalized spacial score (nSPS) is 9.71. The van der Waals surface area contributed by atoms with Gasteiger partial charge in [-0.2, -0.15) is 0 Å². The van der Waals surface area contributed by atoms with Crippen LogP contribution in [0.3, 0.4) is 0 Å². The zero-order chi connectivity index (χ0) is 10.7. The van der Waals surface area contributed by atoms with E-state index in [2.05, 4.69) is 21.2 Å². The summed E-state index contributed by atoms with van der Waals surface area (Å²) in [6, 6.07) is 3.33. The van der Waals surface area contributed by atoms with Crippen LogP contribution in [0.15, 0.2) is 16.6 Å². The molecule has 14 heavy (non-hydrogen) atoms. The molecule has 0 aliphatic carbocycles. The Morgan fingerprint density at radius 2 is 2.21 bits per heavy atom. The van der Waals surface area contributed by atoms with Crippen LogP contribution in [0.2, 0.25) is 5.02 Å². The van der Waals surface area contributed by atoms with Crippen LogP contribution < -0.4 is 10.1 Å². The summed E-state index contributed by atoms with van der Waals surface area (Å²) >= 11 is 9.11. The monoisotopic (exact) mass is 277 g/mol. The molecule has 0 radical (unpaired) electrons. The second-order valence-corrected chi connectivity index (χ2v) is 3.94. The molecule has 76 valence electrons. The smallest absolute Gasteiger partial charge is 0.221 e. The van der Waals surface area contributed by atoms with Gasteiger partial charge in [0.1, 0.15) is 0 Å². The Morgan fingerprint density at radius 1 is 1.57 bits per heavy atom. The second kappa shape index (κ2) is 4.66. The molecule has 5 heteroatoms. The van der Waals surface area contributed by atoms with Crippen molar-refractivity contribution in [3.63, 3.8) is 0 Å². The molecule has 0 saturated heterocycles. The predicted octanol–water partition coefficient (Wildman–Crippen LogP) is 3.07. The number of carbonyl (C=O) groups is 1. The van der Waals surface area contributed by atoms with Crippen LogP contribution in [-0.2, 0) is 4.79 Å². The van der Waals surface area contributed by atoms with Crippen molar-refractivity contribution in [2.24, 2.45) is 0 Å². The largest absolute Gasteiger partial charge is 0.493 e. The van der Waals surface area contributed by atoms with Crippen LogP contribution in [0, 0.1) is 0 Å². The number of hydrogen-bond donors (Lipinski definition) is 1. The summed E-state index contributed by atoms with van der Waals surface area (Å²) in [5.41, 5.74) is 0.555. The van der Waals surface area contributed by atoms with E-state index in [1.54, 1.807) is 12.1 Å². The van der Waals surface area contributed by atoms with Gasteiger partial charge in [0.25, 0.3) is 0 Å². The molecule has 0 aliphatic rings. The zero-order valence-corrected chi connectivity index (χ0v) is 10.1. The van der Waals surface area contributed by atoms with Crippen LogP contribution in [-0.4, -0.2) is 13.0 Å². The first kappa shape index (κ1) is 11.3. The number of amides is 1. The fourth-order valence-corrected chi connectivity index (χ4v) is 2.02. The van der Waals surface area contributed by atoms with Crippen molar-refractivity contribution in [1.82, 2.24) is 0 Å². The Balaban J connectivity index is 3.17. The number of methoxy groups -OCH3 is 1. The number of benzene rings is 1. The summed E-state index contributed by atoms with van der Waals surface area (Å²) < 4.78 is 5.82. The molecular formula is C9H9BrClNO2. The predicted molar refractivity (Wildman–Crippen MR) is 60.0 cm³/mol. The minimum Gasteiger partial charge on any atom is -0.493 e. The highest BCUT2D eigenvalue weighted by molar-refractivity contribution is 9.10. The van der Waals surface area contributed by atoms with Gasteiger partial charge in [0.2, 0.25) is 5.91 Å². The molecule has 0 fully saturated rings. The highest BCUT2D eigenvalue weighted by Gasteiger charge is 2.09. The molecule has 1 aromatic rings. The van der Waals surface area contributed by atoms with E-state index in [1.807, 2.05) is 0 Å². The SMILES string of the molecule is COc1c(Br)cc(Cl)cc1NC(C)=O. The van der Waals surface area contributed by atoms with E-state index in [0.29, 0.717) is 20.9 Å². The molecular weight excluding hydrogens is 269 g/mol. The van der Waals surface area contributed by atoms with Gasteiger partial charge in [-0.25, -0.2) is 0 Å². The molecule has 0 atom stereocenters. The fraction of sp³-hybridized carbons (Fsp3) is 0.222. The van der Waals surface area contributed by atoms with Crippen LogP contribution in [0.1, 0.15) is 6.92 Å². The number of nitrogens with one attached hydrogen (secondary N) is 1. The number of hydrogen-bond acceptors (Lipinski definition) is 2. The standard InChI is InChI=1S/C9H9BrClNO2/c1-5(13)12-8-4-6(11)3-7(10)9(8)14-2/h3-4H,1-2H3,(H,12,13). The van der Waals surface area contributed by atoms with Crippen LogP contribution >= 0.6 is 27.5 Å². The summed E-state index contributed by atoms with van der Waals surface area (Å²) in [7, 11) is 1.53. The van der Waals surface area contributed by atoms with Crippen molar-refractivity contribution in [3.8, 4) is 5.75 Å². The maximum atomic E-state index is 10.9. The molecule has 0 aliphatic heterocycles. The Hall–Kier alpha value is -0.740. The molecule has 0 saturated carbocycles. The van der Waals surface area contributed by atoms with Crippen molar-refractivity contribution in [1.29, 1.82) is 0 Å². The van der Waals surface area contributed by atoms with Gasteiger partial charge in [-0.05, 0) is 28.1 Å². The zero-order valence-electron chi connectivity index (χ0n) is 7.73. The van der Waals surface area contributed by atoms with E-state index in [1.165, 1.54) is 14.0 Å². The second-order valence-electron chi connectivity index (χ2n) is 2.65. The molecule has 1 amide bonds. The first-order valence-electron chi connectivity index (χ1n) is 3.85. The lowest BCUT2D eigenvalue weighted by Crippen LogP contribution is -2.07. The third-order valence-corrected chi connectivity index (χ3v) is 2.33. The van der Waals surface area contributed by atoms with Crippen LogP contribution in [0.25, 0.3) is 0 Å². The minimum absolute atomic E-state index is 0.169. The minimum atomic E-state index is -0.169. The van der Waals surface area contributed by atoms with Crippen LogP contribution in [0.5, 0.6) is 5.75 Å². The van der Waals surface area contributed by atoms with Gasteiger partial charge in [-0.3, -0.25) is 4.79 Å². The van der Waals surface area contributed by atoms with Crippen molar-refractivity contribution in [2.75, 3.05) is 12.4 Å². The lowest BCUT2D eigenvalue weighted by atomic mass is 10.3. The lowest BCUT2D eigenvalue weighted by molar-refractivity contribution is -0.114. The topological polar surface area (TPSA) is 38.3 Å². The average molecular weight is 279 g/mol. The first-order chi connectivity index (χ1) is 6.54. The third kappa shape index (κ3) is 2.62. The molecule has 0 unspecified atom stereocenters. The lowest BCUT2D eigenvalue weighted by Gasteiger charge is -2.10. The highest BCUT2D eigenvalue weighted by Crippen LogP contribution is 2.36. The van der Waals surface area contributed by atoms with Crippen LogP contribution in [0.4, 0.5) is 5.69 Å². The van der Waals surface area contributed by atoms with Gasteiger partial charge in [0.15, 0.2) is 5.75 Å². The highest BCUT2D eigenvalue weighted by atomic mass is 79.9. The van der Waals surface area contributed by atoms with E-state index >= 15 is 0 Å². The summed E-state index contributed by atoms with van der Waals surface area (Å²) in [5.74, 6) is 0.391. The van der Waals surface area contributed by atoms with E-state index < -0.39 is 0 Å². The molecule has 0 spiro atoms. The number of carbonyl (C=O) groups excluding carboxylic acids is 1. The van der Waals surface area contributed by atoms with E-state index in [-0.39, 0.29) is 5.91 Å². The third-order valence-electron chi connectivity index (χ3n) is 1.52. The molecule has 0 aromatic heterocycles. The van der Waals surface area contributed by atoms with E-state index in [0.717, 1.165) is 0 Å². The molecule has 1 N–H and O–H groups in total. The van der Waals surface area contributed by atoms with Gasteiger partial charge < -0.3 is 10.1 Å². The summed E-state index contributed by atoms with van der Waals surface area (Å²) in [5, 5.41) is 3.16.